The Kier molecular flexibility index (Phi) is 5.05. The molecule has 1 amide bonds. The summed E-state index contributed by atoms with van der Waals surface area (Å²) in [5.41, 5.74) is 2.02. The van der Waals surface area contributed by atoms with E-state index in [1.807, 2.05) is 44.2 Å². The first kappa shape index (κ1) is 16.4. The number of nitrogens with one attached hydrogen (secondary N) is 1. The molecule has 0 bridgehead atoms. The summed E-state index contributed by atoms with van der Waals surface area (Å²) in [5, 5.41) is 2.99. The highest BCUT2D eigenvalue weighted by Crippen LogP contribution is 2.14. The van der Waals surface area contributed by atoms with Crippen molar-refractivity contribution >= 4 is 17.5 Å². The van der Waals surface area contributed by atoms with Crippen LogP contribution in [0.1, 0.15) is 12.5 Å². The third-order valence-electron chi connectivity index (χ3n) is 4.40. The Labute approximate surface area is 142 Å². The lowest BCUT2D eigenvalue weighted by atomic mass is 10.2. The Morgan fingerprint density at radius 2 is 1.71 bits per heavy atom. The third kappa shape index (κ3) is 3.89. The minimum Gasteiger partial charge on any atom is -0.338 e. The number of hydrogen-bond acceptors (Lipinski definition) is 5. The Hall–Kier alpha value is -2.47. The molecule has 1 fully saturated rings. The molecule has 3 rings (SSSR count). The molecule has 1 aromatic heterocycles. The molecule has 1 aliphatic heterocycles. The van der Waals surface area contributed by atoms with E-state index in [-0.39, 0.29) is 11.9 Å². The van der Waals surface area contributed by atoms with Crippen LogP contribution in [-0.2, 0) is 4.79 Å². The number of piperazine rings is 1. The molecule has 24 heavy (non-hydrogen) atoms. The van der Waals surface area contributed by atoms with Gasteiger partial charge < -0.3 is 10.2 Å². The van der Waals surface area contributed by atoms with Crippen LogP contribution in [0.2, 0.25) is 0 Å². The summed E-state index contributed by atoms with van der Waals surface area (Å²) in [7, 11) is 0. The predicted octanol–water partition coefficient (Wildman–Crippen LogP) is 1.93. The topological polar surface area (TPSA) is 61.4 Å². The second-order valence-corrected chi connectivity index (χ2v) is 6.10. The SMILES string of the molecule is Cc1ccc(NC(=O)C(C)N2CCN(c3ncccn3)CC2)cc1. The minimum atomic E-state index is -0.162. The first-order valence-electron chi connectivity index (χ1n) is 8.27. The maximum atomic E-state index is 12.5. The van der Waals surface area contributed by atoms with Crippen LogP contribution in [0.25, 0.3) is 0 Å². The van der Waals surface area contributed by atoms with E-state index in [2.05, 4.69) is 25.1 Å². The monoisotopic (exact) mass is 325 g/mol. The Balaban J connectivity index is 1.53. The molecular weight excluding hydrogens is 302 g/mol. The van der Waals surface area contributed by atoms with Gasteiger partial charge >= 0.3 is 0 Å². The van der Waals surface area contributed by atoms with Gasteiger partial charge in [0.1, 0.15) is 0 Å². The van der Waals surface area contributed by atoms with Crippen molar-refractivity contribution in [1.82, 2.24) is 14.9 Å². The van der Waals surface area contributed by atoms with Crippen molar-refractivity contribution in [2.75, 3.05) is 36.4 Å². The van der Waals surface area contributed by atoms with E-state index >= 15 is 0 Å². The molecule has 6 nitrogen and oxygen atoms in total. The van der Waals surface area contributed by atoms with Crippen molar-refractivity contribution in [3.05, 3.63) is 48.3 Å². The van der Waals surface area contributed by atoms with Crippen molar-refractivity contribution in [3.63, 3.8) is 0 Å². The van der Waals surface area contributed by atoms with E-state index in [0.717, 1.165) is 37.8 Å². The number of aryl methyl sites for hydroxylation is 1. The number of rotatable bonds is 4. The zero-order valence-corrected chi connectivity index (χ0v) is 14.1. The molecule has 2 heterocycles. The van der Waals surface area contributed by atoms with E-state index < -0.39 is 0 Å². The van der Waals surface area contributed by atoms with Crippen LogP contribution < -0.4 is 10.2 Å². The molecule has 1 saturated heterocycles. The molecule has 6 heteroatoms. The second-order valence-electron chi connectivity index (χ2n) is 6.10. The van der Waals surface area contributed by atoms with Gasteiger partial charge in [0.25, 0.3) is 0 Å². The molecule has 0 spiro atoms. The summed E-state index contributed by atoms with van der Waals surface area (Å²) in [6, 6.07) is 9.52. The van der Waals surface area contributed by atoms with Gasteiger partial charge in [-0.25, -0.2) is 9.97 Å². The molecule has 0 aliphatic carbocycles. The van der Waals surface area contributed by atoms with Crippen LogP contribution in [0.15, 0.2) is 42.7 Å². The van der Waals surface area contributed by atoms with Crippen LogP contribution in [0, 0.1) is 6.92 Å². The fourth-order valence-electron chi connectivity index (χ4n) is 2.81. The largest absolute Gasteiger partial charge is 0.338 e. The zero-order valence-electron chi connectivity index (χ0n) is 14.1. The summed E-state index contributed by atoms with van der Waals surface area (Å²) in [5.74, 6) is 0.789. The van der Waals surface area contributed by atoms with Gasteiger partial charge in [-0.1, -0.05) is 17.7 Å². The number of nitrogens with zero attached hydrogens (tertiary/aromatic N) is 4. The highest BCUT2D eigenvalue weighted by Gasteiger charge is 2.26. The van der Waals surface area contributed by atoms with E-state index in [4.69, 9.17) is 0 Å². The summed E-state index contributed by atoms with van der Waals surface area (Å²) in [4.78, 5) is 25.4. The average molecular weight is 325 g/mol. The third-order valence-corrected chi connectivity index (χ3v) is 4.40. The minimum absolute atomic E-state index is 0.0308. The van der Waals surface area contributed by atoms with Gasteiger partial charge in [0, 0.05) is 44.3 Å². The molecule has 2 aromatic rings. The second kappa shape index (κ2) is 7.40. The number of benzene rings is 1. The van der Waals surface area contributed by atoms with Gasteiger partial charge in [-0.15, -0.1) is 0 Å². The Bertz CT molecular complexity index is 666. The van der Waals surface area contributed by atoms with E-state index in [1.54, 1.807) is 12.4 Å². The van der Waals surface area contributed by atoms with Gasteiger partial charge in [-0.2, -0.15) is 0 Å². The molecule has 126 valence electrons. The van der Waals surface area contributed by atoms with Crippen LogP contribution >= 0.6 is 0 Å². The molecule has 0 radical (unpaired) electrons. The number of carbonyl (C=O) groups excluding carboxylic acids is 1. The Morgan fingerprint density at radius 3 is 2.33 bits per heavy atom. The van der Waals surface area contributed by atoms with Crippen molar-refractivity contribution in [2.24, 2.45) is 0 Å². The van der Waals surface area contributed by atoms with E-state index in [1.165, 1.54) is 5.56 Å². The molecule has 1 aromatic carbocycles. The van der Waals surface area contributed by atoms with Crippen LogP contribution in [0.3, 0.4) is 0 Å². The first-order chi connectivity index (χ1) is 11.6. The molecule has 1 aliphatic rings. The predicted molar refractivity (Wildman–Crippen MR) is 95.1 cm³/mol. The number of amides is 1. The fraction of sp³-hybridized carbons (Fsp3) is 0.389. The van der Waals surface area contributed by atoms with Gasteiger partial charge in [0.15, 0.2) is 0 Å². The summed E-state index contributed by atoms with van der Waals surface area (Å²) in [6.07, 6.45) is 3.51. The maximum Gasteiger partial charge on any atom is 0.241 e. The van der Waals surface area contributed by atoms with Gasteiger partial charge in [-0.3, -0.25) is 9.69 Å². The van der Waals surface area contributed by atoms with Crippen LogP contribution in [-0.4, -0.2) is 53.0 Å². The molecular formula is C18H23N5O. The van der Waals surface area contributed by atoms with Gasteiger partial charge in [0.2, 0.25) is 11.9 Å². The number of hydrogen-bond donors (Lipinski definition) is 1. The zero-order chi connectivity index (χ0) is 16.9. The normalized spacial score (nSPS) is 16.7. The van der Waals surface area contributed by atoms with Gasteiger partial charge in [-0.05, 0) is 32.0 Å². The summed E-state index contributed by atoms with van der Waals surface area (Å²) >= 11 is 0. The van der Waals surface area contributed by atoms with Crippen molar-refractivity contribution < 1.29 is 4.79 Å². The smallest absolute Gasteiger partial charge is 0.241 e. The maximum absolute atomic E-state index is 12.5. The van der Waals surface area contributed by atoms with Crippen LogP contribution in [0.4, 0.5) is 11.6 Å². The average Bonchev–Trinajstić information content (AvgIpc) is 2.64. The number of carbonyl (C=O) groups is 1. The Morgan fingerprint density at radius 1 is 1.08 bits per heavy atom. The van der Waals surface area contributed by atoms with Crippen molar-refractivity contribution in [2.45, 2.75) is 19.9 Å². The summed E-state index contributed by atoms with van der Waals surface area (Å²) < 4.78 is 0. The quantitative estimate of drug-likeness (QED) is 0.931. The molecule has 0 saturated carbocycles. The lowest BCUT2D eigenvalue weighted by Gasteiger charge is -2.37. The number of anilines is 2. The lowest BCUT2D eigenvalue weighted by molar-refractivity contribution is -0.120. The van der Waals surface area contributed by atoms with Crippen LogP contribution in [0.5, 0.6) is 0 Å². The molecule has 1 atom stereocenters. The first-order valence-corrected chi connectivity index (χ1v) is 8.27. The fourth-order valence-corrected chi connectivity index (χ4v) is 2.81. The van der Waals surface area contributed by atoms with E-state index in [9.17, 15) is 4.79 Å². The molecule has 1 unspecified atom stereocenters. The standard InChI is InChI=1S/C18H23N5O/c1-14-4-6-16(7-5-14)21-17(24)15(2)22-10-12-23(13-11-22)18-19-8-3-9-20-18/h3-9,15H,10-13H2,1-2H3,(H,21,24). The van der Waals surface area contributed by atoms with E-state index in [0.29, 0.717) is 0 Å². The number of aromatic nitrogens is 2. The summed E-state index contributed by atoms with van der Waals surface area (Å²) in [6.45, 7) is 7.28. The van der Waals surface area contributed by atoms with Gasteiger partial charge in [0.05, 0.1) is 6.04 Å². The van der Waals surface area contributed by atoms with Crippen molar-refractivity contribution in [3.8, 4) is 0 Å². The highest BCUT2D eigenvalue weighted by molar-refractivity contribution is 5.94. The van der Waals surface area contributed by atoms with Crippen molar-refractivity contribution in [1.29, 1.82) is 0 Å². The highest BCUT2D eigenvalue weighted by atomic mass is 16.2. The lowest BCUT2D eigenvalue weighted by Crippen LogP contribution is -2.53. The molecule has 1 N–H and O–H groups in total.